The van der Waals surface area contributed by atoms with Gasteiger partial charge in [-0.05, 0) is 18.2 Å². The van der Waals surface area contributed by atoms with E-state index < -0.39 is 57.9 Å². The molecule has 2 rings (SSSR count). The molecule has 0 unspecified atom stereocenters. The monoisotopic (exact) mass is 386 g/mol. The van der Waals surface area contributed by atoms with Crippen LogP contribution in [0.4, 0.5) is 28.9 Å². The maximum absolute atomic E-state index is 13.4. The Bertz CT molecular complexity index is 899. The van der Waals surface area contributed by atoms with Crippen LogP contribution in [-0.2, 0) is 15.7 Å². The largest absolute Gasteiger partial charge is 0.452 e. The summed E-state index contributed by atoms with van der Waals surface area (Å²) in [5, 5.41) is 12.5. The standard InChI is InChI=1S/C16H10F4N2O5/c17-12-4-2-1-3-10(12)15(24)27-8-14(23)21-13-6-5-9(22(25)26)7-11(13)16(18,19)20/h1-7H,8H2,(H,21,23). The van der Waals surface area contributed by atoms with Gasteiger partial charge in [0, 0.05) is 12.1 Å². The third kappa shape index (κ3) is 5.00. The second kappa shape index (κ2) is 7.81. The molecular weight excluding hydrogens is 376 g/mol. The first kappa shape index (κ1) is 19.8. The van der Waals surface area contributed by atoms with Crippen LogP contribution >= 0.6 is 0 Å². The molecular formula is C16H10F4N2O5. The third-order valence-corrected chi connectivity index (χ3v) is 3.22. The Kier molecular flexibility index (Phi) is 5.73. The summed E-state index contributed by atoms with van der Waals surface area (Å²) >= 11 is 0. The van der Waals surface area contributed by atoms with Crippen molar-refractivity contribution < 1.29 is 36.8 Å². The number of benzene rings is 2. The third-order valence-electron chi connectivity index (χ3n) is 3.22. The summed E-state index contributed by atoms with van der Waals surface area (Å²) in [6, 6.07) is 6.52. The topological polar surface area (TPSA) is 98.5 Å². The minimum absolute atomic E-state index is 0.265. The number of nitro groups is 1. The van der Waals surface area contributed by atoms with E-state index in [4.69, 9.17) is 0 Å². The van der Waals surface area contributed by atoms with E-state index in [0.717, 1.165) is 18.2 Å². The molecule has 0 radical (unpaired) electrons. The fraction of sp³-hybridized carbons (Fsp3) is 0.125. The van der Waals surface area contributed by atoms with E-state index >= 15 is 0 Å². The van der Waals surface area contributed by atoms with Crippen LogP contribution in [-0.4, -0.2) is 23.4 Å². The zero-order chi connectivity index (χ0) is 20.2. The number of nitrogens with one attached hydrogen (secondary N) is 1. The highest BCUT2D eigenvalue weighted by Gasteiger charge is 2.35. The van der Waals surface area contributed by atoms with Crippen molar-refractivity contribution in [2.75, 3.05) is 11.9 Å². The van der Waals surface area contributed by atoms with Gasteiger partial charge in [0.25, 0.3) is 11.6 Å². The quantitative estimate of drug-likeness (QED) is 0.367. The number of nitrogens with zero attached hydrogens (tertiary/aromatic N) is 1. The number of rotatable bonds is 5. The van der Waals surface area contributed by atoms with Gasteiger partial charge in [-0.3, -0.25) is 14.9 Å². The number of carbonyl (C=O) groups excluding carboxylic acids is 2. The molecule has 1 amide bonds. The lowest BCUT2D eigenvalue weighted by atomic mass is 10.1. The minimum atomic E-state index is -4.97. The van der Waals surface area contributed by atoms with Crippen LogP contribution in [0.3, 0.4) is 0 Å². The maximum Gasteiger partial charge on any atom is 0.418 e. The van der Waals surface area contributed by atoms with Crippen molar-refractivity contribution in [1.29, 1.82) is 0 Å². The molecule has 0 bridgehead atoms. The van der Waals surface area contributed by atoms with Crippen molar-refractivity contribution >= 4 is 23.3 Å². The summed E-state index contributed by atoms with van der Waals surface area (Å²) in [5.74, 6) is -3.21. The highest BCUT2D eigenvalue weighted by molar-refractivity contribution is 5.96. The molecule has 0 atom stereocenters. The first-order chi connectivity index (χ1) is 12.6. The predicted octanol–water partition coefficient (Wildman–Crippen LogP) is 3.55. The van der Waals surface area contributed by atoms with Gasteiger partial charge in [0.05, 0.1) is 21.7 Å². The van der Waals surface area contributed by atoms with E-state index in [1.54, 1.807) is 0 Å². The fourth-order valence-electron chi connectivity index (χ4n) is 2.01. The summed E-state index contributed by atoms with van der Waals surface area (Å²) in [6.45, 7) is -0.985. The number of hydrogen-bond donors (Lipinski definition) is 1. The predicted molar refractivity (Wildman–Crippen MR) is 83.4 cm³/mol. The molecule has 0 aliphatic rings. The number of ether oxygens (including phenoxy) is 1. The molecule has 2 aromatic carbocycles. The van der Waals surface area contributed by atoms with E-state index in [-0.39, 0.29) is 6.07 Å². The van der Waals surface area contributed by atoms with Gasteiger partial charge in [-0.2, -0.15) is 13.2 Å². The molecule has 0 aromatic heterocycles. The SMILES string of the molecule is O=C(COC(=O)c1ccccc1F)Nc1ccc([N+](=O)[O-])cc1C(F)(F)F. The molecule has 0 spiro atoms. The molecule has 1 N–H and O–H groups in total. The molecule has 2 aromatic rings. The van der Waals surface area contributed by atoms with Gasteiger partial charge in [0.15, 0.2) is 6.61 Å². The van der Waals surface area contributed by atoms with Crippen molar-refractivity contribution in [2.24, 2.45) is 0 Å². The average Bonchev–Trinajstić information content (AvgIpc) is 2.59. The van der Waals surface area contributed by atoms with E-state index in [1.165, 1.54) is 12.1 Å². The van der Waals surface area contributed by atoms with Crippen LogP contribution in [0, 0.1) is 15.9 Å². The first-order valence-electron chi connectivity index (χ1n) is 7.16. The molecule has 0 saturated heterocycles. The number of alkyl halides is 3. The number of esters is 1. The summed E-state index contributed by atoms with van der Waals surface area (Å²) in [5.41, 5.74) is -3.45. The maximum atomic E-state index is 13.4. The molecule has 11 heteroatoms. The molecule has 0 aliphatic heterocycles. The smallest absolute Gasteiger partial charge is 0.418 e. The average molecular weight is 386 g/mol. The normalized spacial score (nSPS) is 11.0. The van der Waals surface area contributed by atoms with Crippen LogP contribution in [0.2, 0.25) is 0 Å². The zero-order valence-corrected chi connectivity index (χ0v) is 13.2. The zero-order valence-electron chi connectivity index (χ0n) is 13.2. The second-order valence-corrected chi connectivity index (χ2v) is 5.09. The van der Waals surface area contributed by atoms with Gasteiger partial charge < -0.3 is 10.1 Å². The Balaban J connectivity index is 2.10. The van der Waals surface area contributed by atoms with E-state index in [9.17, 15) is 37.3 Å². The lowest BCUT2D eigenvalue weighted by Gasteiger charge is -2.13. The van der Waals surface area contributed by atoms with Crippen LogP contribution in [0.5, 0.6) is 0 Å². The van der Waals surface area contributed by atoms with Crippen molar-refractivity contribution in [3.8, 4) is 0 Å². The fourth-order valence-corrected chi connectivity index (χ4v) is 2.01. The Morgan fingerprint density at radius 2 is 1.81 bits per heavy atom. The van der Waals surface area contributed by atoms with Crippen LogP contribution in [0.25, 0.3) is 0 Å². The molecule has 0 saturated carbocycles. The van der Waals surface area contributed by atoms with Crippen LogP contribution < -0.4 is 5.32 Å². The summed E-state index contributed by atoms with van der Waals surface area (Å²) in [6.07, 6.45) is -4.97. The first-order valence-corrected chi connectivity index (χ1v) is 7.16. The number of non-ortho nitro benzene ring substituents is 1. The van der Waals surface area contributed by atoms with Gasteiger partial charge >= 0.3 is 12.1 Å². The van der Waals surface area contributed by atoms with Crippen molar-refractivity contribution in [2.45, 2.75) is 6.18 Å². The van der Waals surface area contributed by atoms with Crippen molar-refractivity contribution in [1.82, 2.24) is 0 Å². The Labute approximate surface area is 148 Å². The number of nitro benzene ring substituents is 1. The number of carbonyl (C=O) groups is 2. The van der Waals surface area contributed by atoms with Gasteiger partial charge in [0.1, 0.15) is 5.82 Å². The number of halogens is 4. The van der Waals surface area contributed by atoms with Crippen molar-refractivity contribution in [3.63, 3.8) is 0 Å². The van der Waals surface area contributed by atoms with Gasteiger partial charge in [-0.15, -0.1) is 0 Å². The molecule has 0 aliphatic carbocycles. The van der Waals surface area contributed by atoms with Gasteiger partial charge in [-0.1, -0.05) is 12.1 Å². The Morgan fingerprint density at radius 3 is 2.41 bits per heavy atom. The van der Waals surface area contributed by atoms with E-state index in [0.29, 0.717) is 6.07 Å². The summed E-state index contributed by atoms with van der Waals surface area (Å²) in [7, 11) is 0. The van der Waals surface area contributed by atoms with Crippen molar-refractivity contribution in [3.05, 3.63) is 69.5 Å². The van der Waals surface area contributed by atoms with Gasteiger partial charge in [0.2, 0.25) is 0 Å². The Hall–Kier alpha value is -3.50. The summed E-state index contributed by atoms with van der Waals surface area (Å²) < 4.78 is 57.0. The highest BCUT2D eigenvalue weighted by Crippen LogP contribution is 2.37. The lowest BCUT2D eigenvalue weighted by Crippen LogP contribution is -2.23. The highest BCUT2D eigenvalue weighted by atomic mass is 19.4. The minimum Gasteiger partial charge on any atom is -0.452 e. The number of amides is 1. The van der Waals surface area contributed by atoms with E-state index in [1.807, 2.05) is 5.32 Å². The molecule has 142 valence electrons. The van der Waals surface area contributed by atoms with Crippen LogP contribution in [0.15, 0.2) is 42.5 Å². The second-order valence-electron chi connectivity index (χ2n) is 5.09. The van der Waals surface area contributed by atoms with Gasteiger partial charge in [-0.25, -0.2) is 9.18 Å². The molecule has 7 nitrogen and oxygen atoms in total. The number of anilines is 1. The molecule has 0 fully saturated rings. The lowest BCUT2D eigenvalue weighted by molar-refractivity contribution is -0.385. The van der Waals surface area contributed by atoms with E-state index in [2.05, 4.69) is 4.74 Å². The Morgan fingerprint density at radius 1 is 1.15 bits per heavy atom. The molecule has 27 heavy (non-hydrogen) atoms. The summed E-state index contributed by atoms with van der Waals surface area (Å²) in [4.78, 5) is 33.0. The molecule has 0 heterocycles. The van der Waals surface area contributed by atoms with Crippen LogP contribution in [0.1, 0.15) is 15.9 Å². The number of hydrogen-bond acceptors (Lipinski definition) is 5.